The Labute approximate surface area is 358 Å². The summed E-state index contributed by atoms with van der Waals surface area (Å²) in [5.74, 6) is 3.64. The van der Waals surface area contributed by atoms with Gasteiger partial charge in [0.1, 0.15) is 23.0 Å². The fourth-order valence-electron chi connectivity index (χ4n) is 8.36. The average molecular weight is 803 g/mol. The number of benzene rings is 3. The highest BCUT2D eigenvalue weighted by Gasteiger charge is 2.23. The van der Waals surface area contributed by atoms with Gasteiger partial charge in [-0.2, -0.15) is 0 Å². The van der Waals surface area contributed by atoms with E-state index in [1.807, 2.05) is 0 Å². The minimum Gasteiger partial charge on any atom is -0.493 e. The van der Waals surface area contributed by atoms with Crippen molar-refractivity contribution in [3.63, 3.8) is 0 Å². The molecule has 0 radical (unpaired) electrons. The molecular weight excluding hydrogens is 713 g/mol. The Bertz CT molecular complexity index is 1310. The van der Waals surface area contributed by atoms with Crippen LogP contribution in [0.5, 0.6) is 23.0 Å². The number of rotatable bonds is 40. The van der Waals surface area contributed by atoms with Crippen LogP contribution in [0.3, 0.4) is 0 Å². The van der Waals surface area contributed by atoms with Gasteiger partial charge in [-0.25, -0.2) is 0 Å². The van der Waals surface area contributed by atoms with Gasteiger partial charge < -0.3 is 18.9 Å². The first-order valence-electron chi connectivity index (χ1n) is 25.3. The summed E-state index contributed by atoms with van der Waals surface area (Å²) in [6.45, 7) is 12.0. The van der Waals surface area contributed by atoms with Crippen molar-refractivity contribution in [1.29, 1.82) is 0 Å². The first kappa shape index (κ1) is 49.7. The summed E-state index contributed by atoms with van der Waals surface area (Å²) in [5.41, 5.74) is 0. The summed E-state index contributed by atoms with van der Waals surface area (Å²) in [7, 11) is 0. The largest absolute Gasteiger partial charge is 0.493 e. The quantitative estimate of drug-likeness (QED) is 0.0424. The molecule has 0 bridgehead atoms. The monoisotopic (exact) mass is 803 g/mol. The van der Waals surface area contributed by atoms with Crippen molar-refractivity contribution in [2.45, 2.75) is 233 Å². The van der Waals surface area contributed by atoms with E-state index in [0.29, 0.717) is 26.4 Å². The van der Waals surface area contributed by atoms with Crippen LogP contribution in [-0.2, 0) is 0 Å². The van der Waals surface area contributed by atoms with Crippen LogP contribution in [0.4, 0.5) is 0 Å². The predicted molar refractivity (Wildman–Crippen MR) is 254 cm³/mol. The van der Waals surface area contributed by atoms with Crippen LogP contribution in [0.25, 0.3) is 21.5 Å². The second-order valence-corrected chi connectivity index (χ2v) is 17.3. The second kappa shape index (κ2) is 34.1. The van der Waals surface area contributed by atoms with E-state index in [4.69, 9.17) is 18.9 Å². The van der Waals surface area contributed by atoms with E-state index in [1.54, 1.807) is 0 Å². The van der Waals surface area contributed by atoms with Crippen molar-refractivity contribution in [2.75, 3.05) is 26.4 Å². The molecular formula is C54H90O4. The highest BCUT2D eigenvalue weighted by Crippen LogP contribution is 2.50. The normalized spacial score (nSPS) is 11.5. The van der Waals surface area contributed by atoms with Gasteiger partial charge in [-0.15, -0.1) is 0 Å². The van der Waals surface area contributed by atoms with E-state index in [9.17, 15) is 0 Å². The fourth-order valence-corrected chi connectivity index (χ4v) is 8.36. The van der Waals surface area contributed by atoms with Crippen molar-refractivity contribution < 1.29 is 18.9 Å². The molecule has 0 saturated carbocycles. The van der Waals surface area contributed by atoms with E-state index >= 15 is 0 Å². The molecule has 0 fully saturated rings. The van der Waals surface area contributed by atoms with E-state index in [1.165, 1.54) is 180 Å². The first-order chi connectivity index (χ1) is 28.8. The molecule has 3 aromatic rings. The van der Waals surface area contributed by atoms with Crippen LogP contribution in [0.1, 0.15) is 233 Å². The fraction of sp³-hybridized carbons (Fsp3) is 0.741. The maximum Gasteiger partial charge on any atom is 0.139 e. The molecule has 0 atom stereocenters. The average Bonchev–Trinajstić information content (AvgIpc) is 3.24. The van der Waals surface area contributed by atoms with E-state index in [-0.39, 0.29) is 0 Å². The van der Waals surface area contributed by atoms with Gasteiger partial charge in [-0.1, -0.05) is 232 Å². The number of hydrogen-bond acceptors (Lipinski definition) is 4. The van der Waals surface area contributed by atoms with Crippen molar-refractivity contribution in [2.24, 2.45) is 0 Å². The summed E-state index contributed by atoms with van der Waals surface area (Å²) >= 11 is 0. The molecule has 0 saturated heterocycles. The Kier molecular flexibility index (Phi) is 29.3. The van der Waals surface area contributed by atoms with Gasteiger partial charge in [0.2, 0.25) is 0 Å². The predicted octanol–water partition coefficient (Wildman–Crippen LogP) is 18.1. The maximum atomic E-state index is 6.92. The topological polar surface area (TPSA) is 36.9 Å². The number of unbranched alkanes of at least 4 members (excludes halogenated alkanes) is 28. The molecule has 0 aliphatic heterocycles. The summed E-state index contributed by atoms with van der Waals surface area (Å²) in [5, 5.41) is 4.27. The lowest BCUT2D eigenvalue weighted by molar-refractivity contribution is 0.290. The summed E-state index contributed by atoms with van der Waals surface area (Å²) in [6.07, 6.45) is 41.0. The van der Waals surface area contributed by atoms with Crippen LogP contribution < -0.4 is 18.9 Å². The molecule has 0 heterocycles. The first-order valence-corrected chi connectivity index (χ1v) is 25.3. The number of ether oxygens (including phenoxy) is 4. The third-order valence-electron chi connectivity index (χ3n) is 12.0. The van der Waals surface area contributed by atoms with Gasteiger partial charge in [0.05, 0.1) is 37.2 Å². The molecule has 0 aliphatic rings. The molecule has 58 heavy (non-hydrogen) atoms. The summed E-state index contributed by atoms with van der Waals surface area (Å²) < 4.78 is 27.4. The van der Waals surface area contributed by atoms with Crippen LogP contribution in [0.2, 0.25) is 0 Å². The molecule has 3 rings (SSSR count). The number of hydrogen-bond donors (Lipinski definition) is 0. The lowest BCUT2D eigenvalue weighted by atomic mass is 9.98. The lowest BCUT2D eigenvalue weighted by Gasteiger charge is -2.22. The standard InChI is InChI=1S/C54H90O4/c1-5-9-13-17-21-25-29-35-43-55-49-41-42-50(56-44-36-30-26-22-18-14-10-6-2)52-51(49)53(57-45-37-31-27-23-19-15-11-7-3)47-39-33-34-40-48(47)54(52)58-46-38-32-28-24-20-16-12-8-4/h33-34,39-42H,5-32,35-38,43-46H2,1-4H3. The van der Waals surface area contributed by atoms with Gasteiger partial charge in [0.25, 0.3) is 0 Å². The van der Waals surface area contributed by atoms with Crippen molar-refractivity contribution in [3.8, 4) is 23.0 Å². The Balaban J connectivity index is 1.88. The van der Waals surface area contributed by atoms with Crippen molar-refractivity contribution >= 4 is 21.5 Å². The SMILES string of the molecule is CCCCCCCCCCOc1ccc(OCCCCCCCCCC)c2c(OCCCCCCCCCC)c3ccccc3c(OCCCCCCCCCC)c12. The minimum atomic E-state index is 0.702. The molecule has 3 aromatic carbocycles. The zero-order valence-corrected chi connectivity index (χ0v) is 38.6. The van der Waals surface area contributed by atoms with Crippen molar-refractivity contribution in [3.05, 3.63) is 36.4 Å². The van der Waals surface area contributed by atoms with Crippen LogP contribution in [-0.4, -0.2) is 26.4 Å². The Hall–Kier alpha value is -2.62. The second-order valence-electron chi connectivity index (χ2n) is 17.3. The van der Waals surface area contributed by atoms with Crippen LogP contribution >= 0.6 is 0 Å². The maximum absolute atomic E-state index is 6.92. The smallest absolute Gasteiger partial charge is 0.139 e. The van der Waals surface area contributed by atoms with Crippen LogP contribution in [0.15, 0.2) is 36.4 Å². The van der Waals surface area contributed by atoms with Crippen LogP contribution in [0, 0.1) is 0 Å². The summed E-state index contributed by atoms with van der Waals surface area (Å²) in [4.78, 5) is 0. The van der Waals surface area contributed by atoms with E-state index in [2.05, 4.69) is 64.1 Å². The minimum absolute atomic E-state index is 0.702. The highest BCUT2D eigenvalue weighted by atomic mass is 16.5. The van der Waals surface area contributed by atoms with Gasteiger partial charge in [-0.3, -0.25) is 0 Å². The highest BCUT2D eigenvalue weighted by molar-refractivity contribution is 6.15. The molecule has 0 amide bonds. The molecule has 0 spiro atoms. The Morgan fingerprint density at radius 3 is 0.793 bits per heavy atom. The Morgan fingerprint density at radius 2 is 0.517 bits per heavy atom. The van der Waals surface area contributed by atoms with E-state index in [0.717, 1.165) is 70.2 Å². The van der Waals surface area contributed by atoms with Gasteiger partial charge in [0.15, 0.2) is 0 Å². The van der Waals surface area contributed by atoms with Gasteiger partial charge in [0, 0.05) is 10.8 Å². The molecule has 0 N–H and O–H groups in total. The zero-order chi connectivity index (χ0) is 41.1. The zero-order valence-electron chi connectivity index (χ0n) is 38.6. The van der Waals surface area contributed by atoms with Crippen molar-refractivity contribution in [1.82, 2.24) is 0 Å². The van der Waals surface area contributed by atoms with E-state index < -0.39 is 0 Å². The lowest BCUT2D eigenvalue weighted by Crippen LogP contribution is -2.06. The number of fused-ring (bicyclic) bond motifs is 2. The third kappa shape index (κ3) is 20.1. The molecule has 0 unspecified atom stereocenters. The Morgan fingerprint density at radius 1 is 0.276 bits per heavy atom. The molecule has 0 aromatic heterocycles. The summed E-state index contributed by atoms with van der Waals surface area (Å²) in [6, 6.07) is 13.0. The van der Waals surface area contributed by atoms with Gasteiger partial charge >= 0.3 is 0 Å². The third-order valence-corrected chi connectivity index (χ3v) is 12.0. The molecule has 4 nitrogen and oxygen atoms in total. The molecule has 4 heteroatoms. The molecule has 330 valence electrons. The van der Waals surface area contributed by atoms with Gasteiger partial charge in [-0.05, 0) is 37.8 Å². The molecule has 0 aliphatic carbocycles.